The van der Waals surface area contributed by atoms with Crippen molar-refractivity contribution < 1.29 is 9.53 Å². The largest absolute Gasteiger partial charge is 0.491 e. The van der Waals surface area contributed by atoms with Crippen LogP contribution in [0, 0.1) is 5.92 Å². The number of benzene rings is 1. The third kappa shape index (κ3) is 5.38. The van der Waals surface area contributed by atoms with Gasteiger partial charge in [0, 0.05) is 12.2 Å². The van der Waals surface area contributed by atoms with Crippen LogP contribution in [0.4, 0.5) is 5.69 Å². The summed E-state index contributed by atoms with van der Waals surface area (Å²) in [4.78, 5) is 14.3. The lowest BCUT2D eigenvalue weighted by molar-refractivity contribution is -0.117. The predicted molar refractivity (Wildman–Crippen MR) is 85.7 cm³/mol. The van der Waals surface area contributed by atoms with Gasteiger partial charge in [0.2, 0.25) is 5.91 Å². The Bertz CT molecular complexity index is 456. The van der Waals surface area contributed by atoms with Crippen LogP contribution in [0.5, 0.6) is 5.75 Å². The Morgan fingerprint density at radius 3 is 2.71 bits per heavy atom. The van der Waals surface area contributed by atoms with E-state index >= 15 is 0 Å². The Labute approximate surface area is 127 Å². The topological polar surface area (TPSA) is 41.6 Å². The molecule has 1 atom stereocenters. The molecule has 0 radical (unpaired) electrons. The van der Waals surface area contributed by atoms with Gasteiger partial charge in [-0.3, -0.25) is 9.69 Å². The fraction of sp³-hybridized carbons (Fsp3) is 0.588. The third-order valence-electron chi connectivity index (χ3n) is 3.62. The maximum atomic E-state index is 12.1. The molecule has 2 rings (SSSR count). The lowest BCUT2D eigenvalue weighted by Crippen LogP contribution is -2.39. The van der Waals surface area contributed by atoms with Gasteiger partial charge >= 0.3 is 0 Å². The summed E-state index contributed by atoms with van der Waals surface area (Å²) >= 11 is 0. The summed E-state index contributed by atoms with van der Waals surface area (Å²) in [5.74, 6) is 1.58. The molecule has 0 aliphatic carbocycles. The minimum absolute atomic E-state index is 0.0571. The van der Waals surface area contributed by atoms with E-state index in [-0.39, 0.29) is 12.0 Å². The number of carbonyl (C=O) groups excluding carboxylic acids is 1. The predicted octanol–water partition coefficient (Wildman–Crippen LogP) is 3.14. The van der Waals surface area contributed by atoms with Crippen molar-refractivity contribution in [2.24, 2.45) is 5.92 Å². The molecule has 4 nitrogen and oxygen atoms in total. The van der Waals surface area contributed by atoms with Gasteiger partial charge in [-0.05, 0) is 63.4 Å². The molecule has 1 heterocycles. The summed E-state index contributed by atoms with van der Waals surface area (Å²) < 4.78 is 5.59. The Balaban J connectivity index is 1.82. The third-order valence-corrected chi connectivity index (χ3v) is 3.62. The highest BCUT2D eigenvalue weighted by atomic mass is 16.5. The molecule has 0 spiro atoms. The molecule has 1 saturated heterocycles. The van der Waals surface area contributed by atoms with E-state index in [1.807, 2.05) is 38.1 Å². The van der Waals surface area contributed by atoms with Gasteiger partial charge in [-0.25, -0.2) is 0 Å². The molecule has 1 aliphatic rings. The standard InChI is InChI=1S/C17H26N2O2/c1-13(2)21-16-8-6-15(7-9-16)18-17(20)12-19-10-4-5-14(3)11-19/h6-9,13-14H,4-5,10-12H2,1-3H3,(H,18,20). The second-order valence-electron chi connectivity index (χ2n) is 6.22. The van der Waals surface area contributed by atoms with Crippen molar-refractivity contribution in [1.82, 2.24) is 4.90 Å². The van der Waals surface area contributed by atoms with E-state index in [1.165, 1.54) is 12.8 Å². The average molecular weight is 290 g/mol. The van der Waals surface area contributed by atoms with Gasteiger partial charge in [-0.1, -0.05) is 6.92 Å². The lowest BCUT2D eigenvalue weighted by Gasteiger charge is -2.30. The average Bonchev–Trinajstić information content (AvgIpc) is 2.40. The molecule has 0 saturated carbocycles. The Kier molecular flexibility index (Phi) is 5.62. The first-order valence-electron chi connectivity index (χ1n) is 7.82. The van der Waals surface area contributed by atoms with Gasteiger partial charge in [-0.15, -0.1) is 0 Å². The number of carbonyl (C=O) groups is 1. The number of nitrogens with zero attached hydrogens (tertiary/aromatic N) is 1. The van der Waals surface area contributed by atoms with E-state index < -0.39 is 0 Å². The highest BCUT2D eigenvalue weighted by Gasteiger charge is 2.18. The Hall–Kier alpha value is -1.55. The summed E-state index contributed by atoms with van der Waals surface area (Å²) in [5.41, 5.74) is 0.821. The molecule has 1 aromatic carbocycles. The number of rotatable bonds is 5. The summed E-state index contributed by atoms with van der Waals surface area (Å²) in [6.45, 7) is 8.77. The van der Waals surface area contributed by atoms with Crippen molar-refractivity contribution >= 4 is 11.6 Å². The smallest absolute Gasteiger partial charge is 0.238 e. The first-order valence-corrected chi connectivity index (χ1v) is 7.82. The SMILES string of the molecule is CC1CCCN(CC(=O)Nc2ccc(OC(C)C)cc2)C1. The second kappa shape index (κ2) is 7.46. The summed E-state index contributed by atoms with van der Waals surface area (Å²) in [5, 5.41) is 2.95. The minimum atomic E-state index is 0.0571. The van der Waals surface area contributed by atoms with E-state index in [2.05, 4.69) is 17.1 Å². The minimum Gasteiger partial charge on any atom is -0.491 e. The number of piperidine rings is 1. The van der Waals surface area contributed by atoms with Crippen molar-refractivity contribution in [1.29, 1.82) is 0 Å². The van der Waals surface area contributed by atoms with Crippen LogP contribution in [0.3, 0.4) is 0 Å². The number of hydrogen-bond donors (Lipinski definition) is 1. The van der Waals surface area contributed by atoms with E-state index in [9.17, 15) is 4.79 Å². The first-order chi connectivity index (χ1) is 10.0. The highest BCUT2D eigenvalue weighted by molar-refractivity contribution is 5.92. The van der Waals surface area contributed by atoms with Crippen LogP contribution in [0.1, 0.15) is 33.6 Å². The molecule has 1 amide bonds. The fourth-order valence-electron chi connectivity index (χ4n) is 2.72. The Morgan fingerprint density at radius 1 is 1.38 bits per heavy atom. The van der Waals surface area contributed by atoms with Crippen LogP contribution in [0.15, 0.2) is 24.3 Å². The summed E-state index contributed by atoms with van der Waals surface area (Å²) in [7, 11) is 0. The van der Waals surface area contributed by atoms with Crippen LogP contribution < -0.4 is 10.1 Å². The van der Waals surface area contributed by atoms with Gasteiger partial charge in [0.05, 0.1) is 12.6 Å². The van der Waals surface area contributed by atoms with Crippen molar-refractivity contribution in [3.63, 3.8) is 0 Å². The summed E-state index contributed by atoms with van der Waals surface area (Å²) in [6, 6.07) is 7.54. The zero-order chi connectivity index (χ0) is 15.2. The van der Waals surface area contributed by atoms with Crippen molar-refractivity contribution in [3.05, 3.63) is 24.3 Å². The highest BCUT2D eigenvalue weighted by Crippen LogP contribution is 2.18. The molecule has 116 valence electrons. The van der Waals surface area contributed by atoms with Crippen LogP contribution in [0.2, 0.25) is 0 Å². The molecule has 1 aromatic rings. The Morgan fingerprint density at radius 2 is 2.10 bits per heavy atom. The fourth-order valence-corrected chi connectivity index (χ4v) is 2.72. The molecule has 1 fully saturated rings. The number of likely N-dealkylation sites (tertiary alicyclic amines) is 1. The maximum Gasteiger partial charge on any atom is 0.238 e. The van der Waals surface area contributed by atoms with Gasteiger partial charge in [-0.2, -0.15) is 0 Å². The van der Waals surface area contributed by atoms with E-state index in [1.54, 1.807) is 0 Å². The van der Waals surface area contributed by atoms with Crippen LogP contribution >= 0.6 is 0 Å². The van der Waals surface area contributed by atoms with Crippen LogP contribution in [-0.4, -0.2) is 36.5 Å². The van der Waals surface area contributed by atoms with Crippen molar-refractivity contribution in [2.45, 2.75) is 39.7 Å². The van der Waals surface area contributed by atoms with E-state index in [4.69, 9.17) is 4.74 Å². The first kappa shape index (κ1) is 15.8. The molecular weight excluding hydrogens is 264 g/mol. The molecule has 21 heavy (non-hydrogen) atoms. The number of ether oxygens (including phenoxy) is 1. The summed E-state index contributed by atoms with van der Waals surface area (Å²) in [6.07, 6.45) is 2.62. The molecule has 1 N–H and O–H groups in total. The van der Waals surface area contributed by atoms with Crippen LogP contribution in [-0.2, 0) is 4.79 Å². The number of nitrogens with one attached hydrogen (secondary N) is 1. The monoisotopic (exact) mass is 290 g/mol. The molecule has 1 unspecified atom stereocenters. The molecule has 4 heteroatoms. The van der Waals surface area contributed by atoms with Crippen molar-refractivity contribution in [2.75, 3.05) is 25.0 Å². The quantitative estimate of drug-likeness (QED) is 0.906. The second-order valence-corrected chi connectivity index (χ2v) is 6.22. The zero-order valence-electron chi connectivity index (χ0n) is 13.3. The lowest BCUT2D eigenvalue weighted by atomic mass is 10.0. The van der Waals surface area contributed by atoms with Gasteiger partial charge in [0.15, 0.2) is 0 Å². The van der Waals surface area contributed by atoms with E-state index in [0.717, 1.165) is 24.5 Å². The molecular formula is C17H26N2O2. The van der Waals surface area contributed by atoms with Gasteiger partial charge < -0.3 is 10.1 Å². The maximum absolute atomic E-state index is 12.1. The van der Waals surface area contributed by atoms with E-state index in [0.29, 0.717) is 12.5 Å². The van der Waals surface area contributed by atoms with Gasteiger partial charge in [0.25, 0.3) is 0 Å². The number of anilines is 1. The van der Waals surface area contributed by atoms with Crippen LogP contribution in [0.25, 0.3) is 0 Å². The van der Waals surface area contributed by atoms with Crippen molar-refractivity contribution in [3.8, 4) is 5.75 Å². The number of amides is 1. The van der Waals surface area contributed by atoms with Gasteiger partial charge in [0.1, 0.15) is 5.75 Å². The molecule has 0 aromatic heterocycles. The molecule has 1 aliphatic heterocycles. The normalized spacial score (nSPS) is 19.5. The zero-order valence-corrected chi connectivity index (χ0v) is 13.3. The molecule has 0 bridgehead atoms. The number of hydrogen-bond acceptors (Lipinski definition) is 3.